The lowest BCUT2D eigenvalue weighted by Gasteiger charge is -2.11. The first-order valence-corrected chi connectivity index (χ1v) is 11.1. The number of anilines is 1. The van der Waals surface area contributed by atoms with E-state index in [1.807, 2.05) is 13.8 Å². The van der Waals surface area contributed by atoms with Crippen molar-refractivity contribution in [1.29, 1.82) is 0 Å². The largest absolute Gasteiger partial charge is 0.491 e. The van der Waals surface area contributed by atoms with E-state index < -0.39 is 11.9 Å². The Bertz CT molecular complexity index is 1330. The third-order valence-electron chi connectivity index (χ3n) is 5.01. The fraction of sp³-hybridized carbons (Fsp3) is 0.154. The van der Waals surface area contributed by atoms with Gasteiger partial charge in [-0.15, -0.1) is 0 Å². The lowest BCUT2D eigenvalue weighted by Crippen LogP contribution is -2.12. The molecule has 1 heterocycles. The summed E-state index contributed by atoms with van der Waals surface area (Å²) in [5.41, 5.74) is 0.834. The molecule has 0 saturated heterocycles. The standard InChI is InChI=1S/C26H21ClF3N3O2/c1-16(2)35-20-13-11-19(12-14-20)31-25(34)18-9-7-17(8-10-18)23-15-24(26(28,29)30)32-33(23)22-6-4-3-5-21(22)27/h3-16H,1-2H3,(H,31,34). The van der Waals surface area contributed by atoms with E-state index in [0.29, 0.717) is 28.3 Å². The van der Waals surface area contributed by atoms with E-state index >= 15 is 0 Å². The van der Waals surface area contributed by atoms with Crippen LogP contribution in [0.4, 0.5) is 18.9 Å². The zero-order chi connectivity index (χ0) is 25.2. The van der Waals surface area contributed by atoms with Gasteiger partial charge in [-0.2, -0.15) is 18.3 Å². The molecule has 3 aromatic carbocycles. The minimum absolute atomic E-state index is 0.0374. The lowest BCUT2D eigenvalue weighted by molar-refractivity contribution is -0.141. The Kier molecular flexibility index (Phi) is 6.84. The average Bonchev–Trinajstić information content (AvgIpc) is 3.26. The number of carbonyl (C=O) groups excluding carboxylic acids is 1. The molecule has 0 radical (unpaired) electrons. The van der Waals surface area contributed by atoms with Crippen LogP contribution >= 0.6 is 11.6 Å². The third kappa shape index (κ3) is 5.66. The van der Waals surface area contributed by atoms with E-state index in [1.165, 1.54) is 12.1 Å². The van der Waals surface area contributed by atoms with Gasteiger partial charge >= 0.3 is 6.18 Å². The minimum Gasteiger partial charge on any atom is -0.491 e. The zero-order valence-corrected chi connectivity index (χ0v) is 19.6. The molecule has 180 valence electrons. The SMILES string of the molecule is CC(C)Oc1ccc(NC(=O)c2ccc(-c3cc(C(F)(F)F)nn3-c3ccccc3Cl)cc2)cc1. The monoisotopic (exact) mass is 499 g/mol. The van der Waals surface area contributed by atoms with E-state index in [-0.39, 0.29) is 22.7 Å². The summed E-state index contributed by atoms with van der Waals surface area (Å²) >= 11 is 6.22. The van der Waals surface area contributed by atoms with Crippen LogP contribution in [0.1, 0.15) is 29.9 Å². The van der Waals surface area contributed by atoms with Gasteiger partial charge in [-0.3, -0.25) is 4.79 Å². The van der Waals surface area contributed by atoms with Gasteiger partial charge in [-0.1, -0.05) is 35.9 Å². The molecule has 0 fully saturated rings. The summed E-state index contributed by atoms with van der Waals surface area (Å²) in [5.74, 6) is 0.334. The Hall–Kier alpha value is -3.78. The van der Waals surface area contributed by atoms with Crippen LogP contribution in [0.2, 0.25) is 5.02 Å². The van der Waals surface area contributed by atoms with Gasteiger partial charge in [0.25, 0.3) is 5.91 Å². The van der Waals surface area contributed by atoms with Gasteiger partial charge in [0.15, 0.2) is 5.69 Å². The van der Waals surface area contributed by atoms with E-state index in [9.17, 15) is 18.0 Å². The molecule has 0 aliphatic rings. The molecular weight excluding hydrogens is 479 g/mol. The van der Waals surface area contributed by atoms with Gasteiger partial charge in [0.2, 0.25) is 0 Å². The van der Waals surface area contributed by atoms with Crippen LogP contribution in [-0.2, 0) is 6.18 Å². The maximum absolute atomic E-state index is 13.4. The second-order valence-electron chi connectivity index (χ2n) is 8.00. The molecule has 0 aliphatic heterocycles. The van der Waals surface area contributed by atoms with Crippen molar-refractivity contribution in [3.8, 4) is 22.7 Å². The van der Waals surface area contributed by atoms with Crippen molar-refractivity contribution in [2.24, 2.45) is 0 Å². The van der Waals surface area contributed by atoms with Crippen LogP contribution in [0.15, 0.2) is 78.9 Å². The average molecular weight is 500 g/mol. The van der Waals surface area contributed by atoms with Gasteiger partial charge in [-0.05, 0) is 68.4 Å². The second kappa shape index (κ2) is 9.84. The Morgan fingerprint density at radius 1 is 1.00 bits per heavy atom. The quantitative estimate of drug-likeness (QED) is 0.304. The molecular formula is C26H21ClF3N3O2. The van der Waals surface area contributed by atoms with Crippen molar-refractivity contribution in [2.75, 3.05) is 5.32 Å². The number of para-hydroxylation sites is 1. The predicted octanol–water partition coefficient (Wildman–Crippen LogP) is 7.25. The van der Waals surface area contributed by atoms with Crippen LogP contribution < -0.4 is 10.1 Å². The minimum atomic E-state index is -4.63. The molecule has 0 bridgehead atoms. The first-order chi connectivity index (χ1) is 16.6. The summed E-state index contributed by atoms with van der Waals surface area (Å²) in [6.45, 7) is 3.84. The van der Waals surface area contributed by atoms with E-state index in [1.54, 1.807) is 60.7 Å². The van der Waals surface area contributed by atoms with E-state index in [2.05, 4.69) is 10.4 Å². The van der Waals surface area contributed by atoms with Crippen molar-refractivity contribution < 1.29 is 22.7 Å². The normalized spacial score (nSPS) is 11.5. The highest BCUT2D eigenvalue weighted by atomic mass is 35.5. The number of benzene rings is 3. The molecule has 4 aromatic rings. The van der Waals surface area contributed by atoms with Crippen LogP contribution in [0.25, 0.3) is 16.9 Å². The Balaban J connectivity index is 1.59. The molecule has 1 amide bonds. The first-order valence-electron chi connectivity index (χ1n) is 10.7. The number of hydrogen-bond acceptors (Lipinski definition) is 3. The molecule has 9 heteroatoms. The summed E-state index contributed by atoms with van der Waals surface area (Å²) in [6.07, 6.45) is -4.59. The van der Waals surface area contributed by atoms with Crippen molar-refractivity contribution in [3.05, 3.63) is 95.1 Å². The number of aromatic nitrogens is 2. The Morgan fingerprint density at radius 3 is 2.26 bits per heavy atom. The number of nitrogens with zero attached hydrogens (tertiary/aromatic N) is 2. The van der Waals surface area contributed by atoms with Gasteiger partial charge in [-0.25, -0.2) is 4.68 Å². The molecule has 0 saturated carbocycles. The molecule has 0 aliphatic carbocycles. The summed E-state index contributed by atoms with van der Waals surface area (Å²) in [6, 6.07) is 20.6. The van der Waals surface area contributed by atoms with Crippen molar-refractivity contribution in [3.63, 3.8) is 0 Å². The maximum atomic E-state index is 13.4. The van der Waals surface area contributed by atoms with Crippen molar-refractivity contribution in [1.82, 2.24) is 9.78 Å². The van der Waals surface area contributed by atoms with E-state index in [0.717, 1.165) is 10.7 Å². The van der Waals surface area contributed by atoms with Gasteiger partial charge < -0.3 is 10.1 Å². The first kappa shape index (κ1) is 24.3. The molecule has 35 heavy (non-hydrogen) atoms. The molecule has 4 rings (SSSR count). The molecule has 1 aromatic heterocycles. The smallest absolute Gasteiger partial charge is 0.435 e. The van der Waals surface area contributed by atoms with Crippen molar-refractivity contribution >= 4 is 23.2 Å². The highest BCUT2D eigenvalue weighted by Gasteiger charge is 2.35. The summed E-state index contributed by atoms with van der Waals surface area (Å²) in [4.78, 5) is 12.7. The van der Waals surface area contributed by atoms with Crippen molar-refractivity contribution in [2.45, 2.75) is 26.1 Å². The number of nitrogens with one attached hydrogen (secondary N) is 1. The lowest BCUT2D eigenvalue weighted by atomic mass is 10.1. The Morgan fingerprint density at radius 2 is 1.66 bits per heavy atom. The molecule has 1 N–H and O–H groups in total. The maximum Gasteiger partial charge on any atom is 0.435 e. The molecule has 0 spiro atoms. The number of halogens is 4. The number of alkyl halides is 3. The van der Waals surface area contributed by atoms with Gasteiger partial charge in [0.05, 0.1) is 22.5 Å². The molecule has 0 atom stereocenters. The molecule has 0 unspecified atom stereocenters. The fourth-order valence-corrected chi connectivity index (χ4v) is 3.63. The number of amides is 1. The highest BCUT2D eigenvalue weighted by molar-refractivity contribution is 6.32. The Labute approximate surface area is 205 Å². The van der Waals surface area contributed by atoms with Crippen LogP contribution in [0.3, 0.4) is 0 Å². The zero-order valence-electron chi connectivity index (χ0n) is 18.8. The number of ether oxygens (including phenoxy) is 1. The number of hydrogen-bond donors (Lipinski definition) is 1. The fourth-order valence-electron chi connectivity index (χ4n) is 3.42. The summed E-state index contributed by atoms with van der Waals surface area (Å²) in [7, 11) is 0. The number of rotatable bonds is 6. The molecule has 5 nitrogen and oxygen atoms in total. The third-order valence-corrected chi connectivity index (χ3v) is 5.33. The van der Waals surface area contributed by atoms with Gasteiger partial charge in [0.1, 0.15) is 5.75 Å². The topological polar surface area (TPSA) is 56.1 Å². The summed E-state index contributed by atoms with van der Waals surface area (Å²) < 4.78 is 47.0. The van der Waals surface area contributed by atoms with E-state index in [4.69, 9.17) is 16.3 Å². The highest BCUT2D eigenvalue weighted by Crippen LogP contribution is 2.34. The van der Waals surface area contributed by atoms with Gasteiger partial charge in [0, 0.05) is 16.8 Å². The van der Waals surface area contributed by atoms with Crippen LogP contribution in [0.5, 0.6) is 5.75 Å². The number of carbonyl (C=O) groups is 1. The second-order valence-corrected chi connectivity index (χ2v) is 8.41. The predicted molar refractivity (Wildman–Crippen MR) is 129 cm³/mol. The summed E-state index contributed by atoms with van der Waals surface area (Å²) in [5, 5.41) is 6.79. The van der Waals surface area contributed by atoms with Crippen LogP contribution in [-0.4, -0.2) is 21.8 Å². The van der Waals surface area contributed by atoms with Crippen LogP contribution in [0, 0.1) is 0 Å².